The average molecular weight is 261 g/mol. The van der Waals surface area contributed by atoms with Crippen LogP contribution in [0.15, 0.2) is 41.6 Å². The molecule has 96 valence electrons. The van der Waals surface area contributed by atoms with Crippen molar-refractivity contribution in [3.8, 4) is 0 Å². The Morgan fingerprint density at radius 2 is 2.22 bits per heavy atom. The summed E-state index contributed by atoms with van der Waals surface area (Å²) in [7, 11) is 3.93. The van der Waals surface area contributed by atoms with E-state index in [0.29, 0.717) is 0 Å². The van der Waals surface area contributed by atoms with E-state index in [1.807, 2.05) is 36.7 Å². The molecule has 0 spiro atoms. The highest BCUT2D eigenvalue weighted by atomic mass is 32.2. The summed E-state index contributed by atoms with van der Waals surface area (Å²) in [5.41, 5.74) is 2.64. The van der Waals surface area contributed by atoms with Crippen molar-refractivity contribution in [3.63, 3.8) is 0 Å². The predicted octanol–water partition coefficient (Wildman–Crippen LogP) is 2.47. The highest BCUT2D eigenvalue weighted by Gasteiger charge is 1.99. The standard InChI is InChI=1S/C14H19N3S/c1-15-9-12-4-3-5-14(8-12)18-7-6-13-10-16-17(2)11-13/h3-5,8,10-11,15H,6-7,9H2,1-2H3. The van der Waals surface area contributed by atoms with Gasteiger partial charge in [-0.3, -0.25) is 4.68 Å². The van der Waals surface area contributed by atoms with E-state index in [2.05, 4.69) is 40.9 Å². The fraction of sp³-hybridized carbons (Fsp3) is 0.357. The normalized spacial score (nSPS) is 10.8. The number of nitrogens with zero attached hydrogens (tertiary/aromatic N) is 2. The van der Waals surface area contributed by atoms with Gasteiger partial charge in [0.05, 0.1) is 6.20 Å². The van der Waals surface area contributed by atoms with Crippen LogP contribution in [0, 0.1) is 0 Å². The second kappa shape index (κ2) is 6.61. The van der Waals surface area contributed by atoms with Crippen LogP contribution in [0.4, 0.5) is 0 Å². The molecule has 1 aromatic heterocycles. The molecule has 0 aliphatic heterocycles. The number of rotatable bonds is 6. The van der Waals surface area contributed by atoms with Crippen LogP contribution < -0.4 is 5.32 Å². The second-order valence-electron chi connectivity index (χ2n) is 4.30. The molecule has 1 N–H and O–H groups in total. The molecule has 0 amide bonds. The molecule has 0 aliphatic carbocycles. The van der Waals surface area contributed by atoms with E-state index < -0.39 is 0 Å². The van der Waals surface area contributed by atoms with Gasteiger partial charge in [-0.25, -0.2) is 0 Å². The van der Waals surface area contributed by atoms with Gasteiger partial charge in [0.1, 0.15) is 0 Å². The van der Waals surface area contributed by atoms with Crippen LogP contribution in [-0.2, 0) is 20.0 Å². The third-order valence-electron chi connectivity index (χ3n) is 2.70. The zero-order chi connectivity index (χ0) is 12.8. The maximum atomic E-state index is 4.18. The third kappa shape index (κ3) is 3.89. The molecule has 1 heterocycles. The molecule has 0 fully saturated rings. The van der Waals surface area contributed by atoms with Crippen molar-refractivity contribution in [1.29, 1.82) is 0 Å². The summed E-state index contributed by atoms with van der Waals surface area (Å²) < 4.78 is 1.85. The maximum absolute atomic E-state index is 4.18. The van der Waals surface area contributed by atoms with Gasteiger partial charge in [-0.1, -0.05) is 12.1 Å². The largest absolute Gasteiger partial charge is 0.316 e. The minimum Gasteiger partial charge on any atom is -0.316 e. The Bertz CT molecular complexity index is 493. The van der Waals surface area contributed by atoms with Crippen molar-refractivity contribution in [3.05, 3.63) is 47.8 Å². The Hall–Kier alpha value is -1.26. The van der Waals surface area contributed by atoms with Crippen molar-refractivity contribution < 1.29 is 0 Å². The number of thioether (sulfide) groups is 1. The molecule has 0 saturated heterocycles. The third-order valence-corrected chi connectivity index (χ3v) is 3.69. The Labute approximate surface area is 113 Å². The van der Waals surface area contributed by atoms with Crippen molar-refractivity contribution in [2.75, 3.05) is 12.8 Å². The quantitative estimate of drug-likeness (QED) is 0.810. The number of aromatic nitrogens is 2. The summed E-state index contributed by atoms with van der Waals surface area (Å²) in [6.07, 6.45) is 5.09. The minimum absolute atomic E-state index is 0.928. The minimum atomic E-state index is 0.928. The van der Waals surface area contributed by atoms with Crippen molar-refractivity contribution in [2.45, 2.75) is 17.9 Å². The first-order chi connectivity index (χ1) is 8.78. The molecular weight excluding hydrogens is 242 g/mol. The van der Waals surface area contributed by atoms with E-state index in [-0.39, 0.29) is 0 Å². The van der Waals surface area contributed by atoms with Gasteiger partial charge >= 0.3 is 0 Å². The predicted molar refractivity (Wildman–Crippen MR) is 76.8 cm³/mol. The highest BCUT2D eigenvalue weighted by molar-refractivity contribution is 7.99. The van der Waals surface area contributed by atoms with Crippen LogP contribution in [0.1, 0.15) is 11.1 Å². The highest BCUT2D eigenvalue weighted by Crippen LogP contribution is 2.20. The molecule has 0 bridgehead atoms. The summed E-state index contributed by atoms with van der Waals surface area (Å²) in [5.74, 6) is 1.09. The molecule has 3 nitrogen and oxygen atoms in total. The van der Waals surface area contributed by atoms with E-state index in [1.165, 1.54) is 16.0 Å². The van der Waals surface area contributed by atoms with Gasteiger partial charge in [-0.2, -0.15) is 5.10 Å². The van der Waals surface area contributed by atoms with Crippen LogP contribution in [0.3, 0.4) is 0 Å². The number of hydrogen-bond acceptors (Lipinski definition) is 3. The SMILES string of the molecule is CNCc1cccc(SCCc2cnn(C)c2)c1. The number of hydrogen-bond donors (Lipinski definition) is 1. The Balaban J connectivity index is 1.84. The van der Waals surface area contributed by atoms with Gasteiger partial charge in [-0.05, 0) is 36.7 Å². The van der Waals surface area contributed by atoms with Crippen molar-refractivity contribution in [1.82, 2.24) is 15.1 Å². The summed E-state index contributed by atoms with van der Waals surface area (Å²) in [6.45, 7) is 0.928. The summed E-state index contributed by atoms with van der Waals surface area (Å²) >= 11 is 1.90. The lowest BCUT2D eigenvalue weighted by Gasteiger charge is -2.04. The molecule has 2 rings (SSSR count). The van der Waals surface area contributed by atoms with Gasteiger partial charge in [0.15, 0.2) is 0 Å². The lowest BCUT2D eigenvalue weighted by molar-refractivity contribution is 0.767. The van der Waals surface area contributed by atoms with E-state index in [4.69, 9.17) is 0 Å². The molecule has 0 saturated carbocycles. The number of nitrogens with one attached hydrogen (secondary N) is 1. The van der Waals surface area contributed by atoms with Crippen LogP contribution in [-0.4, -0.2) is 22.6 Å². The Morgan fingerprint density at radius 1 is 1.33 bits per heavy atom. The molecule has 0 aliphatic rings. The maximum Gasteiger partial charge on any atom is 0.0521 e. The fourth-order valence-corrected chi connectivity index (χ4v) is 2.82. The molecule has 0 unspecified atom stereocenters. The van der Waals surface area contributed by atoms with Gasteiger partial charge in [0, 0.05) is 30.4 Å². The van der Waals surface area contributed by atoms with E-state index in [9.17, 15) is 0 Å². The summed E-state index contributed by atoms with van der Waals surface area (Å²) in [6, 6.07) is 8.71. The van der Waals surface area contributed by atoms with E-state index in [0.717, 1.165) is 18.7 Å². The zero-order valence-electron chi connectivity index (χ0n) is 10.9. The van der Waals surface area contributed by atoms with Gasteiger partial charge in [-0.15, -0.1) is 11.8 Å². The Kier molecular flexibility index (Phi) is 4.84. The van der Waals surface area contributed by atoms with Gasteiger partial charge in [0.2, 0.25) is 0 Å². The molecule has 1 aromatic carbocycles. The van der Waals surface area contributed by atoms with Gasteiger partial charge in [0.25, 0.3) is 0 Å². The molecule has 4 heteroatoms. The Morgan fingerprint density at radius 3 is 2.94 bits per heavy atom. The van der Waals surface area contributed by atoms with Crippen molar-refractivity contribution >= 4 is 11.8 Å². The van der Waals surface area contributed by atoms with Crippen LogP contribution >= 0.6 is 11.8 Å². The molecular formula is C14H19N3S. The van der Waals surface area contributed by atoms with Gasteiger partial charge < -0.3 is 5.32 Å². The second-order valence-corrected chi connectivity index (χ2v) is 5.47. The summed E-state index contributed by atoms with van der Waals surface area (Å²) in [4.78, 5) is 1.34. The van der Waals surface area contributed by atoms with E-state index in [1.54, 1.807) is 0 Å². The molecule has 0 radical (unpaired) electrons. The lowest BCUT2D eigenvalue weighted by Crippen LogP contribution is -2.04. The number of aryl methyl sites for hydroxylation is 2. The smallest absolute Gasteiger partial charge is 0.0521 e. The molecule has 2 aromatic rings. The number of benzene rings is 1. The molecule has 18 heavy (non-hydrogen) atoms. The fourth-order valence-electron chi connectivity index (χ4n) is 1.84. The monoisotopic (exact) mass is 261 g/mol. The first-order valence-electron chi connectivity index (χ1n) is 6.12. The van der Waals surface area contributed by atoms with E-state index >= 15 is 0 Å². The zero-order valence-corrected chi connectivity index (χ0v) is 11.7. The molecule has 0 atom stereocenters. The van der Waals surface area contributed by atoms with Crippen LogP contribution in [0.2, 0.25) is 0 Å². The topological polar surface area (TPSA) is 29.9 Å². The summed E-state index contributed by atoms with van der Waals surface area (Å²) in [5, 5.41) is 7.36. The first kappa shape index (κ1) is 13.2. The average Bonchev–Trinajstić information content (AvgIpc) is 2.76. The lowest BCUT2D eigenvalue weighted by atomic mass is 10.2. The van der Waals surface area contributed by atoms with Crippen LogP contribution in [0.25, 0.3) is 0 Å². The first-order valence-corrected chi connectivity index (χ1v) is 7.10. The van der Waals surface area contributed by atoms with Crippen LogP contribution in [0.5, 0.6) is 0 Å². The van der Waals surface area contributed by atoms with Crippen molar-refractivity contribution in [2.24, 2.45) is 7.05 Å².